The Hall–Kier alpha value is -2.38. The Kier molecular flexibility index (Phi) is 5.67. The van der Waals surface area contributed by atoms with Crippen molar-refractivity contribution in [2.45, 2.75) is 19.4 Å². The lowest BCUT2D eigenvalue weighted by molar-refractivity contribution is 0.619. The van der Waals surface area contributed by atoms with Crippen LogP contribution in [0.3, 0.4) is 0 Å². The Labute approximate surface area is 154 Å². The fourth-order valence-electron chi connectivity index (χ4n) is 2.30. The number of rotatable bonds is 7. The van der Waals surface area contributed by atoms with Crippen LogP contribution in [-0.4, -0.2) is 31.1 Å². The van der Waals surface area contributed by atoms with E-state index in [1.54, 1.807) is 43.1 Å². The van der Waals surface area contributed by atoms with Crippen LogP contribution in [-0.2, 0) is 6.54 Å². The Morgan fingerprint density at radius 2 is 1.76 bits per heavy atom. The lowest BCUT2D eigenvalue weighted by Crippen LogP contribution is -2.22. The van der Waals surface area contributed by atoms with E-state index in [-0.39, 0.29) is 10.6 Å². The van der Waals surface area contributed by atoms with Crippen LogP contribution < -0.4 is 10.9 Å². The summed E-state index contributed by atoms with van der Waals surface area (Å²) < 4.78 is 3.16. The minimum Gasteiger partial charge on any atom is -0.382 e. The van der Waals surface area contributed by atoms with Crippen molar-refractivity contribution in [3.8, 4) is 5.69 Å². The summed E-state index contributed by atoms with van der Waals surface area (Å²) in [6.45, 7) is 1.53. The molecular formula is C16H16Cl2N6O. The first-order chi connectivity index (χ1) is 12.1. The van der Waals surface area contributed by atoms with Crippen LogP contribution in [0.25, 0.3) is 5.69 Å². The van der Waals surface area contributed by atoms with Crippen LogP contribution in [0.2, 0.25) is 10.0 Å². The van der Waals surface area contributed by atoms with Gasteiger partial charge in [-0.15, -0.1) is 10.2 Å². The van der Waals surface area contributed by atoms with Gasteiger partial charge < -0.3 is 9.88 Å². The summed E-state index contributed by atoms with van der Waals surface area (Å²) >= 11 is 12.0. The highest BCUT2D eigenvalue weighted by Gasteiger charge is 2.10. The highest BCUT2D eigenvalue weighted by atomic mass is 35.5. The smallest absolute Gasteiger partial charge is 0.292 e. The molecule has 0 saturated carbocycles. The van der Waals surface area contributed by atoms with Crippen LogP contribution >= 0.6 is 23.2 Å². The SMILES string of the molecule is O=c1c(Cl)c(NCCCCn2cnnc2)cnn1-c1ccc(Cl)cc1. The quantitative estimate of drug-likeness (QED) is 0.639. The zero-order chi connectivity index (χ0) is 17.6. The molecule has 0 aliphatic rings. The lowest BCUT2D eigenvalue weighted by Gasteiger charge is -2.10. The van der Waals surface area contributed by atoms with Gasteiger partial charge >= 0.3 is 0 Å². The molecule has 0 bridgehead atoms. The summed E-state index contributed by atoms with van der Waals surface area (Å²) in [5.74, 6) is 0. The van der Waals surface area contributed by atoms with Gasteiger partial charge in [0.1, 0.15) is 17.7 Å². The molecule has 1 aromatic carbocycles. The molecule has 0 atom stereocenters. The maximum atomic E-state index is 12.4. The third-order valence-electron chi connectivity index (χ3n) is 3.62. The second kappa shape index (κ2) is 8.13. The summed E-state index contributed by atoms with van der Waals surface area (Å²) in [5.41, 5.74) is 0.761. The molecule has 7 nitrogen and oxygen atoms in total. The van der Waals surface area contributed by atoms with Crippen LogP contribution in [0.4, 0.5) is 5.69 Å². The monoisotopic (exact) mass is 378 g/mol. The molecule has 3 rings (SSSR count). The van der Waals surface area contributed by atoms with Gasteiger partial charge in [-0.2, -0.15) is 9.78 Å². The van der Waals surface area contributed by atoms with Gasteiger partial charge in [-0.1, -0.05) is 23.2 Å². The highest BCUT2D eigenvalue weighted by molar-refractivity contribution is 6.33. The lowest BCUT2D eigenvalue weighted by atomic mass is 10.3. The van der Waals surface area contributed by atoms with E-state index < -0.39 is 0 Å². The molecule has 0 unspecified atom stereocenters. The molecule has 0 fully saturated rings. The largest absolute Gasteiger partial charge is 0.382 e. The zero-order valence-corrected chi connectivity index (χ0v) is 14.8. The minimum atomic E-state index is -0.376. The third kappa shape index (κ3) is 4.37. The molecule has 0 radical (unpaired) electrons. The minimum absolute atomic E-state index is 0.115. The van der Waals surface area contributed by atoms with Crippen molar-refractivity contribution < 1.29 is 0 Å². The van der Waals surface area contributed by atoms with E-state index in [2.05, 4.69) is 20.6 Å². The van der Waals surface area contributed by atoms with E-state index in [0.29, 0.717) is 22.9 Å². The summed E-state index contributed by atoms with van der Waals surface area (Å²) in [7, 11) is 0. The van der Waals surface area contributed by atoms with Crippen molar-refractivity contribution in [1.29, 1.82) is 0 Å². The maximum Gasteiger partial charge on any atom is 0.292 e. The first kappa shape index (κ1) is 17.4. The molecule has 0 amide bonds. The predicted octanol–water partition coefficient (Wildman–Crippen LogP) is 3.02. The van der Waals surface area contributed by atoms with Crippen molar-refractivity contribution in [3.05, 3.63) is 63.5 Å². The van der Waals surface area contributed by atoms with E-state index in [9.17, 15) is 4.79 Å². The van der Waals surface area contributed by atoms with Crippen molar-refractivity contribution >= 4 is 28.9 Å². The van der Waals surface area contributed by atoms with Gasteiger partial charge in [-0.05, 0) is 37.1 Å². The molecular weight excluding hydrogens is 363 g/mol. The molecule has 0 saturated heterocycles. The number of hydrogen-bond donors (Lipinski definition) is 1. The molecule has 0 spiro atoms. The fourth-order valence-corrected chi connectivity index (χ4v) is 2.62. The van der Waals surface area contributed by atoms with E-state index in [4.69, 9.17) is 23.2 Å². The Bertz CT molecular complexity index is 877. The van der Waals surface area contributed by atoms with E-state index in [1.165, 1.54) is 4.68 Å². The highest BCUT2D eigenvalue weighted by Crippen LogP contribution is 2.17. The van der Waals surface area contributed by atoms with E-state index in [1.807, 2.05) is 4.57 Å². The Morgan fingerprint density at radius 3 is 2.48 bits per heavy atom. The molecule has 9 heteroatoms. The maximum absolute atomic E-state index is 12.4. The van der Waals surface area contributed by atoms with Gasteiger partial charge in [0.25, 0.3) is 5.56 Å². The number of unbranched alkanes of at least 4 members (excludes halogenated alkanes) is 1. The second-order valence-electron chi connectivity index (χ2n) is 5.40. The third-order valence-corrected chi connectivity index (χ3v) is 4.23. The summed E-state index contributed by atoms with van der Waals surface area (Å²) in [6.07, 6.45) is 6.79. The van der Waals surface area contributed by atoms with Gasteiger partial charge in [0.2, 0.25) is 0 Å². The standard InChI is InChI=1S/C16H16Cl2N6O/c17-12-3-5-13(6-4-12)24-16(25)15(18)14(9-22-24)19-7-1-2-8-23-10-20-21-11-23/h3-6,9-11,19H,1-2,7-8H2. The van der Waals surface area contributed by atoms with Gasteiger partial charge in [-0.25, -0.2) is 0 Å². The van der Waals surface area contributed by atoms with Crippen molar-refractivity contribution in [3.63, 3.8) is 0 Å². The number of nitrogens with zero attached hydrogens (tertiary/aromatic N) is 5. The van der Waals surface area contributed by atoms with Gasteiger partial charge in [0, 0.05) is 18.1 Å². The van der Waals surface area contributed by atoms with Crippen molar-refractivity contribution in [2.75, 3.05) is 11.9 Å². The predicted molar refractivity (Wildman–Crippen MR) is 97.6 cm³/mol. The number of hydrogen-bond acceptors (Lipinski definition) is 5. The average Bonchev–Trinajstić information content (AvgIpc) is 3.13. The number of benzene rings is 1. The van der Waals surface area contributed by atoms with Crippen LogP contribution in [0, 0.1) is 0 Å². The summed E-state index contributed by atoms with van der Waals surface area (Å²) in [5, 5.41) is 15.5. The van der Waals surface area contributed by atoms with E-state index >= 15 is 0 Å². The van der Waals surface area contributed by atoms with Crippen molar-refractivity contribution in [1.82, 2.24) is 24.5 Å². The molecule has 3 aromatic rings. The molecule has 1 N–H and O–H groups in total. The molecule has 0 aliphatic carbocycles. The van der Waals surface area contributed by atoms with Gasteiger partial charge in [-0.3, -0.25) is 4.79 Å². The molecule has 0 aliphatic heterocycles. The Balaban J connectivity index is 1.60. The second-order valence-corrected chi connectivity index (χ2v) is 6.21. The van der Waals surface area contributed by atoms with Crippen molar-refractivity contribution in [2.24, 2.45) is 0 Å². The summed E-state index contributed by atoms with van der Waals surface area (Å²) in [6, 6.07) is 6.82. The van der Waals surface area contributed by atoms with Crippen LogP contribution in [0.1, 0.15) is 12.8 Å². The van der Waals surface area contributed by atoms with Gasteiger partial charge in [0.15, 0.2) is 0 Å². The van der Waals surface area contributed by atoms with Crippen LogP contribution in [0.15, 0.2) is 47.9 Å². The number of aromatic nitrogens is 5. The molecule has 2 aromatic heterocycles. The summed E-state index contributed by atoms with van der Waals surface area (Å²) in [4.78, 5) is 12.4. The molecule has 25 heavy (non-hydrogen) atoms. The first-order valence-electron chi connectivity index (χ1n) is 7.75. The number of anilines is 1. The number of nitrogens with one attached hydrogen (secondary N) is 1. The first-order valence-corrected chi connectivity index (χ1v) is 8.51. The zero-order valence-electron chi connectivity index (χ0n) is 13.3. The van der Waals surface area contributed by atoms with E-state index in [0.717, 1.165) is 19.4 Å². The topological polar surface area (TPSA) is 77.6 Å². The number of halogens is 2. The Morgan fingerprint density at radius 1 is 1.04 bits per heavy atom. The molecule has 130 valence electrons. The average molecular weight is 379 g/mol. The normalized spacial score (nSPS) is 10.8. The van der Waals surface area contributed by atoms with Crippen LogP contribution in [0.5, 0.6) is 0 Å². The number of aryl methyl sites for hydroxylation is 1. The molecule has 2 heterocycles. The van der Waals surface area contributed by atoms with Gasteiger partial charge in [0.05, 0.1) is 17.6 Å². The fraction of sp³-hybridized carbons (Fsp3) is 0.250.